The van der Waals surface area contributed by atoms with E-state index in [4.69, 9.17) is 11.6 Å². The van der Waals surface area contributed by atoms with Crippen LogP contribution in [0.1, 0.15) is 24.2 Å². The van der Waals surface area contributed by atoms with E-state index >= 15 is 0 Å². The molecule has 0 radical (unpaired) electrons. The van der Waals surface area contributed by atoms with Crippen LogP contribution in [0.2, 0.25) is 5.02 Å². The number of nitrogens with one attached hydrogen (secondary N) is 1. The molecule has 4 rings (SSSR count). The van der Waals surface area contributed by atoms with Crippen LogP contribution in [0.5, 0.6) is 0 Å². The van der Waals surface area contributed by atoms with Crippen LogP contribution in [0, 0.1) is 5.92 Å². The Hall–Kier alpha value is -2.79. The first kappa shape index (κ1) is 25.3. The van der Waals surface area contributed by atoms with Gasteiger partial charge >= 0.3 is 12.4 Å². The topological polar surface area (TPSA) is 50.2 Å². The fraction of sp³-hybridized carbons (Fsp3) is 0.391. The Balaban J connectivity index is 1.36. The molecule has 1 N–H and O–H groups in total. The molecular weight excluding hydrogens is 498 g/mol. The number of imidazole rings is 1. The maximum absolute atomic E-state index is 13.5. The minimum absolute atomic E-state index is 0.0157. The molecule has 0 aliphatic carbocycles. The molecule has 12 heteroatoms. The molecule has 0 saturated carbocycles. The van der Waals surface area contributed by atoms with Crippen LogP contribution in [0.25, 0.3) is 11.0 Å². The van der Waals surface area contributed by atoms with E-state index < -0.39 is 29.6 Å². The lowest BCUT2D eigenvalue weighted by molar-refractivity contribution is -0.147. The minimum atomic E-state index is -4.58. The third kappa shape index (κ3) is 5.90. The second-order valence-corrected chi connectivity index (χ2v) is 8.90. The number of carbonyl (C=O) groups excluding carboxylic acids is 1. The fourth-order valence-electron chi connectivity index (χ4n) is 4.25. The van der Waals surface area contributed by atoms with E-state index in [-0.39, 0.29) is 35.2 Å². The molecule has 2 heterocycles. The first-order valence-electron chi connectivity index (χ1n) is 10.8. The summed E-state index contributed by atoms with van der Waals surface area (Å²) >= 11 is 5.92. The third-order valence-corrected chi connectivity index (χ3v) is 6.32. The molecule has 0 atom stereocenters. The summed E-state index contributed by atoms with van der Waals surface area (Å²) in [5.74, 6) is -1.51. The number of carbonyl (C=O) groups is 1. The Labute approximate surface area is 201 Å². The van der Waals surface area contributed by atoms with Crippen molar-refractivity contribution in [3.05, 3.63) is 58.9 Å². The average molecular weight is 519 g/mol. The fourth-order valence-corrected chi connectivity index (χ4v) is 4.42. The number of hydrogen-bond donors (Lipinski definition) is 1. The van der Waals surface area contributed by atoms with Gasteiger partial charge in [-0.2, -0.15) is 26.3 Å². The van der Waals surface area contributed by atoms with Gasteiger partial charge in [-0.3, -0.25) is 9.69 Å². The van der Waals surface area contributed by atoms with E-state index in [0.29, 0.717) is 31.4 Å². The summed E-state index contributed by atoms with van der Waals surface area (Å²) in [6, 6.07) is 9.13. The van der Waals surface area contributed by atoms with E-state index in [1.807, 2.05) is 4.90 Å². The number of halogens is 7. The van der Waals surface area contributed by atoms with E-state index in [0.717, 1.165) is 18.2 Å². The highest BCUT2D eigenvalue weighted by Crippen LogP contribution is 2.35. The maximum atomic E-state index is 13.5. The van der Waals surface area contributed by atoms with Crippen molar-refractivity contribution in [2.24, 2.45) is 5.92 Å². The highest BCUT2D eigenvalue weighted by atomic mass is 35.5. The number of rotatable bonds is 5. The van der Waals surface area contributed by atoms with Gasteiger partial charge in [0.05, 0.1) is 33.9 Å². The number of alkyl halides is 6. The molecule has 0 bridgehead atoms. The highest BCUT2D eigenvalue weighted by Gasteiger charge is 2.38. The van der Waals surface area contributed by atoms with Crippen molar-refractivity contribution in [3.63, 3.8) is 0 Å². The normalized spacial score (nSPS) is 16.1. The van der Waals surface area contributed by atoms with Gasteiger partial charge in [0, 0.05) is 6.54 Å². The second kappa shape index (κ2) is 9.69. The van der Waals surface area contributed by atoms with Crippen molar-refractivity contribution in [1.29, 1.82) is 0 Å². The van der Waals surface area contributed by atoms with Crippen molar-refractivity contribution in [3.8, 4) is 0 Å². The van der Waals surface area contributed by atoms with Crippen LogP contribution >= 0.6 is 11.6 Å². The Morgan fingerprint density at radius 2 is 1.71 bits per heavy atom. The Morgan fingerprint density at radius 1 is 1.03 bits per heavy atom. The van der Waals surface area contributed by atoms with Gasteiger partial charge in [-0.05, 0) is 62.2 Å². The first-order valence-corrected chi connectivity index (χ1v) is 11.2. The highest BCUT2D eigenvalue weighted by molar-refractivity contribution is 6.33. The number of amides is 1. The van der Waals surface area contributed by atoms with Crippen molar-refractivity contribution in [2.75, 3.05) is 25.0 Å². The predicted octanol–water partition coefficient (Wildman–Crippen LogP) is 6.08. The summed E-state index contributed by atoms with van der Waals surface area (Å²) < 4.78 is 80.6. The lowest BCUT2D eigenvalue weighted by Gasteiger charge is -2.32. The van der Waals surface area contributed by atoms with Crippen LogP contribution in [0.15, 0.2) is 42.5 Å². The van der Waals surface area contributed by atoms with E-state index in [1.54, 1.807) is 24.3 Å². The number of anilines is 1. The summed E-state index contributed by atoms with van der Waals surface area (Å²) in [4.78, 5) is 18.0. The van der Waals surface area contributed by atoms with Gasteiger partial charge in [-0.25, -0.2) is 4.98 Å². The summed E-state index contributed by atoms with van der Waals surface area (Å²) in [6.07, 6.45) is -8.04. The minimum Gasteiger partial charge on any atom is -0.324 e. The van der Waals surface area contributed by atoms with Gasteiger partial charge < -0.3 is 9.88 Å². The number of hydrogen-bond acceptors (Lipinski definition) is 3. The molecule has 1 aliphatic rings. The van der Waals surface area contributed by atoms with E-state index in [1.165, 1.54) is 4.57 Å². The standard InChI is InChI=1S/C23H21ClF6N4O/c24-16-6-5-15(22(25,26)27)11-18(16)31-20(35)13-33-9-7-14(8-10-33)12-34-19-4-2-1-3-17(19)32-21(34)23(28,29)30/h1-6,11,14H,7-10,12-13H2,(H,31,35). The Bertz CT molecular complexity index is 1210. The van der Waals surface area contributed by atoms with Gasteiger partial charge in [0.15, 0.2) is 0 Å². The largest absolute Gasteiger partial charge is 0.449 e. The van der Waals surface area contributed by atoms with Crippen LogP contribution in [0.3, 0.4) is 0 Å². The second-order valence-electron chi connectivity index (χ2n) is 8.49. The summed E-state index contributed by atoms with van der Waals surface area (Å²) in [5, 5.41) is 2.40. The zero-order valence-electron chi connectivity index (χ0n) is 18.3. The van der Waals surface area contributed by atoms with Gasteiger partial charge in [-0.1, -0.05) is 23.7 Å². The molecule has 0 unspecified atom stereocenters. The van der Waals surface area contributed by atoms with E-state index in [2.05, 4.69) is 10.3 Å². The molecule has 1 aromatic heterocycles. The van der Waals surface area contributed by atoms with Crippen LogP contribution in [-0.2, 0) is 23.7 Å². The molecule has 1 fully saturated rings. The van der Waals surface area contributed by atoms with Gasteiger partial charge in [0.1, 0.15) is 0 Å². The number of benzene rings is 2. The van der Waals surface area contributed by atoms with E-state index in [9.17, 15) is 31.1 Å². The van der Waals surface area contributed by atoms with Gasteiger partial charge in [-0.15, -0.1) is 0 Å². The molecule has 1 saturated heterocycles. The molecule has 0 spiro atoms. The van der Waals surface area contributed by atoms with Crippen molar-refractivity contribution in [2.45, 2.75) is 31.7 Å². The molecular formula is C23H21ClF6N4O. The number of nitrogens with zero attached hydrogens (tertiary/aromatic N) is 3. The monoisotopic (exact) mass is 518 g/mol. The molecule has 5 nitrogen and oxygen atoms in total. The molecule has 1 aliphatic heterocycles. The van der Waals surface area contributed by atoms with Crippen LogP contribution in [-0.4, -0.2) is 40.0 Å². The number of aromatic nitrogens is 2. The van der Waals surface area contributed by atoms with Crippen molar-refractivity contribution >= 4 is 34.2 Å². The number of likely N-dealkylation sites (tertiary alicyclic amines) is 1. The predicted molar refractivity (Wildman–Crippen MR) is 119 cm³/mol. The summed E-state index contributed by atoms with van der Waals surface area (Å²) in [5.41, 5.74) is -0.363. The lowest BCUT2D eigenvalue weighted by Crippen LogP contribution is -2.40. The van der Waals surface area contributed by atoms with Crippen LogP contribution in [0.4, 0.5) is 32.0 Å². The zero-order valence-corrected chi connectivity index (χ0v) is 19.0. The zero-order chi connectivity index (χ0) is 25.4. The Kier molecular flexibility index (Phi) is 7.01. The summed E-state index contributed by atoms with van der Waals surface area (Å²) in [6.45, 7) is 1.00. The molecule has 3 aromatic rings. The number of piperidine rings is 1. The van der Waals surface area contributed by atoms with Crippen molar-refractivity contribution < 1.29 is 31.1 Å². The quantitative estimate of drug-likeness (QED) is 0.417. The van der Waals surface area contributed by atoms with Crippen LogP contribution < -0.4 is 5.32 Å². The summed E-state index contributed by atoms with van der Waals surface area (Å²) in [7, 11) is 0. The first-order chi connectivity index (χ1) is 16.4. The van der Waals surface area contributed by atoms with Gasteiger partial charge in [0.2, 0.25) is 11.7 Å². The molecule has 2 aromatic carbocycles. The lowest BCUT2D eigenvalue weighted by atomic mass is 9.96. The maximum Gasteiger partial charge on any atom is 0.449 e. The number of fused-ring (bicyclic) bond motifs is 1. The molecule has 1 amide bonds. The molecule has 35 heavy (non-hydrogen) atoms. The van der Waals surface area contributed by atoms with Crippen molar-refractivity contribution in [1.82, 2.24) is 14.5 Å². The average Bonchev–Trinajstić information content (AvgIpc) is 3.15. The van der Waals surface area contributed by atoms with Gasteiger partial charge in [0.25, 0.3) is 0 Å². The third-order valence-electron chi connectivity index (χ3n) is 5.99. The molecule has 188 valence electrons. The Morgan fingerprint density at radius 3 is 2.37 bits per heavy atom. The number of para-hydroxylation sites is 2. The SMILES string of the molecule is O=C(CN1CCC(Cn2c(C(F)(F)F)nc3ccccc32)CC1)Nc1cc(C(F)(F)F)ccc1Cl. The smallest absolute Gasteiger partial charge is 0.324 e.